The van der Waals surface area contributed by atoms with Crippen LogP contribution in [0.15, 0.2) is 53.1 Å². The van der Waals surface area contributed by atoms with Gasteiger partial charge in [0, 0.05) is 31.3 Å². The van der Waals surface area contributed by atoms with Crippen LogP contribution in [0.25, 0.3) is 10.9 Å². The van der Waals surface area contributed by atoms with E-state index < -0.39 is 0 Å². The predicted molar refractivity (Wildman–Crippen MR) is 98.3 cm³/mol. The van der Waals surface area contributed by atoms with E-state index in [1.807, 2.05) is 25.3 Å². The zero-order valence-electron chi connectivity index (χ0n) is 14.6. The molecule has 1 saturated heterocycles. The van der Waals surface area contributed by atoms with Gasteiger partial charge in [-0.3, -0.25) is 9.88 Å². The quantitative estimate of drug-likeness (QED) is 0.672. The van der Waals surface area contributed by atoms with E-state index in [0.717, 1.165) is 56.1 Å². The fourth-order valence-corrected chi connectivity index (χ4v) is 3.59. The second-order valence-corrected chi connectivity index (χ2v) is 6.81. The average molecular weight is 336 g/mol. The minimum atomic E-state index is 0.319. The molecule has 4 heteroatoms. The van der Waals surface area contributed by atoms with E-state index in [0.29, 0.717) is 6.10 Å². The molecule has 1 unspecified atom stereocenters. The van der Waals surface area contributed by atoms with Crippen molar-refractivity contribution in [2.24, 2.45) is 0 Å². The Morgan fingerprint density at radius 2 is 2.04 bits per heavy atom. The minimum Gasteiger partial charge on any atom is -0.465 e. The lowest BCUT2D eigenvalue weighted by atomic mass is 10.1. The van der Waals surface area contributed by atoms with Crippen molar-refractivity contribution in [3.63, 3.8) is 0 Å². The van der Waals surface area contributed by atoms with Crippen molar-refractivity contribution in [2.75, 3.05) is 13.2 Å². The minimum absolute atomic E-state index is 0.319. The summed E-state index contributed by atoms with van der Waals surface area (Å²) in [6, 6.07) is 14.6. The molecule has 1 aromatic carbocycles. The highest BCUT2D eigenvalue weighted by Gasteiger charge is 2.21. The molecule has 0 radical (unpaired) electrons. The van der Waals surface area contributed by atoms with Crippen LogP contribution in [0, 0.1) is 6.92 Å². The van der Waals surface area contributed by atoms with Gasteiger partial charge < -0.3 is 9.15 Å². The van der Waals surface area contributed by atoms with Gasteiger partial charge in [0.25, 0.3) is 0 Å². The third-order valence-electron chi connectivity index (χ3n) is 4.77. The molecule has 25 heavy (non-hydrogen) atoms. The van der Waals surface area contributed by atoms with Gasteiger partial charge in [0.05, 0.1) is 18.2 Å². The first kappa shape index (κ1) is 16.3. The van der Waals surface area contributed by atoms with E-state index in [-0.39, 0.29) is 0 Å². The molecule has 0 saturated carbocycles. The summed E-state index contributed by atoms with van der Waals surface area (Å²) < 4.78 is 11.7. The van der Waals surface area contributed by atoms with Gasteiger partial charge in [0.1, 0.15) is 11.5 Å². The molecule has 0 aliphatic carbocycles. The summed E-state index contributed by atoms with van der Waals surface area (Å²) in [6.07, 6.45) is 4.49. The van der Waals surface area contributed by atoms with Crippen molar-refractivity contribution in [1.29, 1.82) is 0 Å². The van der Waals surface area contributed by atoms with E-state index in [1.165, 1.54) is 10.9 Å². The van der Waals surface area contributed by atoms with Crippen LogP contribution in [0.3, 0.4) is 0 Å². The lowest BCUT2D eigenvalue weighted by Crippen LogP contribution is -2.31. The summed E-state index contributed by atoms with van der Waals surface area (Å²) in [5, 5.41) is 1.19. The maximum atomic E-state index is 5.86. The third-order valence-corrected chi connectivity index (χ3v) is 4.77. The molecular weight excluding hydrogens is 312 g/mol. The molecule has 0 spiro atoms. The van der Waals surface area contributed by atoms with Gasteiger partial charge in [0.15, 0.2) is 0 Å². The average Bonchev–Trinajstić information content (AvgIpc) is 3.27. The number of fused-ring (bicyclic) bond motifs is 1. The molecule has 0 amide bonds. The number of benzene rings is 1. The highest BCUT2D eigenvalue weighted by molar-refractivity contribution is 5.81. The standard InChI is InChI=1S/C21H24N2O2/c1-16-9-10-20(25-16)15-23(14-19-8-4-12-24-19)13-18-6-2-5-17-7-3-11-22-21(17)18/h2-3,5-7,9-11,19H,4,8,12-15H2,1H3. The van der Waals surface area contributed by atoms with E-state index in [1.54, 1.807) is 0 Å². The number of aromatic nitrogens is 1. The van der Waals surface area contributed by atoms with E-state index >= 15 is 0 Å². The molecule has 3 aromatic rings. The molecule has 2 aromatic heterocycles. The number of para-hydroxylation sites is 1. The first-order valence-electron chi connectivity index (χ1n) is 9.00. The fraction of sp³-hybridized carbons (Fsp3) is 0.381. The van der Waals surface area contributed by atoms with Gasteiger partial charge in [-0.05, 0) is 43.5 Å². The van der Waals surface area contributed by atoms with Crippen LogP contribution in [0.4, 0.5) is 0 Å². The Labute approximate surface area is 148 Å². The first-order chi connectivity index (χ1) is 12.3. The molecule has 4 nitrogen and oxygen atoms in total. The normalized spacial score (nSPS) is 17.6. The zero-order valence-corrected chi connectivity index (χ0v) is 14.6. The van der Waals surface area contributed by atoms with Gasteiger partial charge in [-0.15, -0.1) is 0 Å². The number of rotatable bonds is 6. The summed E-state index contributed by atoms with van der Waals surface area (Å²) >= 11 is 0. The lowest BCUT2D eigenvalue weighted by Gasteiger charge is -2.24. The Morgan fingerprint density at radius 1 is 1.12 bits per heavy atom. The van der Waals surface area contributed by atoms with Gasteiger partial charge in [-0.2, -0.15) is 0 Å². The molecule has 4 rings (SSSR count). The van der Waals surface area contributed by atoms with Crippen molar-refractivity contribution in [1.82, 2.24) is 9.88 Å². The number of ether oxygens (including phenoxy) is 1. The van der Waals surface area contributed by atoms with Crippen LogP contribution in [0.1, 0.15) is 29.9 Å². The number of nitrogens with zero attached hydrogens (tertiary/aromatic N) is 2. The van der Waals surface area contributed by atoms with E-state index in [2.05, 4.69) is 40.2 Å². The molecule has 1 fully saturated rings. The Kier molecular flexibility index (Phi) is 4.81. The maximum Gasteiger partial charge on any atom is 0.118 e. The first-order valence-corrected chi connectivity index (χ1v) is 9.00. The van der Waals surface area contributed by atoms with Gasteiger partial charge >= 0.3 is 0 Å². The summed E-state index contributed by atoms with van der Waals surface area (Å²) in [6.45, 7) is 5.42. The maximum absolute atomic E-state index is 5.86. The van der Waals surface area contributed by atoms with Crippen molar-refractivity contribution in [3.8, 4) is 0 Å². The largest absolute Gasteiger partial charge is 0.465 e. The Balaban J connectivity index is 1.57. The SMILES string of the molecule is Cc1ccc(CN(Cc2cccc3cccnc23)CC2CCCO2)o1. The summed E-state index contributed by atoms with van der Waals surface area (Å²) in [7, 11) is 0. The van der Waals surface area contributed by atoms with Gasteiger partial charge in [-0.25, -0.2) is 0 Å². The highest BCUT2D eigenvalue weighted by atomic mass is 16.5. The fourth-order valence-electron chi connectivity index (χ4n) is 3.59. The number of aryl methyl sites for hydroxylation is 1. The predicted octanol–water partition coefficient (Wildman–Crippen LogP) is 4.32. The molecule has 1 aliphatic heterocycles. The van der Waals surface area contributed by atoms with Crippen LogP contribution in [-0.4, -0.2) is 29.1 Å². The molecule has 130 valence electrons. The van der Waals surface area contributed by atoms with Crippen LogP contribution in [-0.2, 0) is 17.8 Å². The van der Waals surface area contributed by atoms with Crippen molar-refractivity contribution in [3.05, 3.63) is 65.7 Å². The van der Waals surface area contributed by atoms with E-state index in [9.17, 15) is 0 Å². The van der Waals surface area contributed by atoms with Gasteiger partial charge in [0.2, 0.25) is 0 Å². The van der Waals surface area contributed by atoms with Crippen molar-refractivity contribution >= 4 is 10.9 Å². The lowest BCUT2D eigenvalue weighted by molar-refractivity contribution is 0.0655. The number of pyridine rings is 1. The molecule has 0 N–H and O–H groups in total. The molecular formula is C21H24N2O2. The second kappa shape index (κ2) is 7.38. The summed E-state index contributed by atoms with van der Waals surface area (Å²) in [5.74, 6) is 1.96. The molecule has 1 aliphatic rings. The summed E-state index contributed by atoms with van der Waals surface area (Å²) in [5.41, 5.74) is 2.33. The molecule has 3 heterocycles. The van der Waals surface area contributed by atoms with Crippen LogP contribution < -0.4 is 0 Å². The highest BCUT2D eigenvalue weighted by Crippen LogP contribution is 2.21. The Hall–Kier alpha value is -2.17. The van der Waals surface area contributed by atoms with Crippen molar-refractivity contribution < 1.29 is 9.15 Å². The Morgan fingerprint density at radius 3 is 2.84 bits per heavy atom. The zero-order chi connectivity index (χ0) is 17.1. The molecule has 0 bridgehead atoms. The van der Waals surface area contributed by atoms with Crippen LogP contribution in [0.2, 0.25) is 0 Å². The smallest absolute Gasteiger partial charge is 0.118 e. The second-order valence-electron chi connectivity index (χ2n) is 6.81. The Bertz CT molecular complexity index is 831. The van der Waals surface area contributed by atoms with Crippen LogP contribution >= 0.6 is 0 Å². The molecule has 1 atom stereocenters. The topological polar surface area (TPSA) is 38.5 Å². The number of hydrogen-bond acceptors (Lipinski definition) is 4. The third kappa shape index (κ3) is 3.91. The summed E-state index contributed by atoms with van der Waals surface area (Å²) in [4.78, 5) is 7.01. The van der Waals surface area contributed by atoms with Gasteiger partial charge in [-0.1, -0.05) is 24.3 Å². The van der Waals surface area contributed by atoms with Crippen LogP contribution in [0.5, 0.6) is 0 Å². The number of furan rings is 1. The number of hydrogen-bond donors (Lipinski definition) is 0. The van der Waals surface area contributed by atoms with E-state index in [4.69, 9.17) is 9.15 Å². The van der Waals surface area contributed by atoms with Crippen molar-refractivity contribution in [2.45, 2.75) is 39.0 Å². The monoisotopic (exact) mass is 336 g/mol.